The standard InChI is InChI=1S/C20H17F3N4OS/c21-20(22,23)15-6-8-16(9-7-15)25-18(28)13-29-19-11-10-17(26-27-19)24-12-14-4-2-1-3-5-14/h1-11H,12-13H2,(H,24,26)(H,25,28). The summed E-state index contributed by atoms with van der Waals surface area (Å²) < 4.78 is 37.6. The van der Waals surface area contributed by atoms with Gasteiger partial charge in [-0.3, -0.25) is 4.79 Å². The van der Waals surface area contributed by atoms with Gasteiger partial charge >= 0.3 is 6.18 Å². The Bertz CT molecular complexity index is 933. The van der Waals surface area contributed by atoms with Crippen LogP contribution in [0.3, 0.4) is 0 Å². The first kappa shape index (κ1) is 20.7. The van der Waals surface area contributed by atoms with Crippen LogP contribution in [0.4, 0.5) is 24.7 Å². The van der Waals surface area contributed by atoms with E-state index in [0.29, 0.717) is 23.1 Å². The summed E-state index contributed by atoms with van der Waals surface area (Å²) in [5.74, 6) is 0.335. The third-order valence-electron chi connectivity index (χ3n) is 3.80. The second-order valence-corrected chi connectivity index (χ2v) is 7.00. The molecule has 150 valence electrons. The van der Waals surface area contributed by atoms with Gasteiger partial charge in [0.05, 0.1) is 11.3 Å². The maximum absolute atomic E-state index is 12.5. The SMILES string of the molecule is O=C(CSc1ccc(NCc2ccccc2)nn1)Nc1ccc(C(F)(F)F)cc1. The van der Waals surface area contributed by atoms with E-state index in [2.05, 4.69) is 20.8 Å². The summed E-state index contributed by atoms with van der Waals surface area (Å²) in [4.78, 5) is 12.0. The molecule has 1 aromatic heterocycles. The zero-order valence-electron chi connectivity index (χ0n) is 15.1. The van der Waals surface area contributed by atoms with Crippen LogP contribution in [0.5, 0.6) is 0 Å². The van der Waals surface area contributed by atoms with E-state index in [0.717, 1.165) is 17.7 Å². The normalized spacial score (nSPS) is 11.1. The third kappa shape index (κ3) is 6.49. The lowest BCUT2D eigenvalue weighted by Gasteiger charge is -2.09. The van der Waals surface area contributed by atoms with Gasteiger partial charge in [0.15, 0.2) is 0 Å². The summed E-state index contributed by atoms with van der Waals surface area (Å²) in [5, 5.41) is 14.4. The molecule has 0 aliphatic carbocycles. The molecule has 29 heavy (non-hydrogen) atoms. The Morgan fingerprint density at radius 3 is 2.28 bits per heavy atom. The first-order valence-electron chi connectivity index (χ1n) is 8.61. The van der Waals surface area contributed by atoms with Crippen LogP contribution in [0.2, 0.25) is 0 Å². The lowest BCUT2D eigenvalue weighted by Crippen LogP contribution is -2.14. The summed E-state index contributed by atoms with van der Waals surface area (Å²) in [7, 11) is 0. The fraction of sp³-hybridized carbons (Fsp3) is 0.150. The van der Waals surface area contributed by atoms with Gasteiger partial charge in [-0.1, -0.05) is 42.1 Å². The van der Waals surface area contributed by atoms with Gasteiger partial charge in [0.2, 0.25) is 5.91 Å². The maximum atomic E-state index is 12.5. The van der Waals surface area contributed by atoms with Crippen molar-refractivity contribution in [1.82, 2.24) is 10.2 Å². The number of aromatic nitrogens is 2. The Kier molecular flexibility index (Phi) is 6.71. The molecule has 0 atom stereocenters. The first-order valence-corrected chi connectivity index (χ1v) is 9.60. The van der Waals surface area contributed by atoms with Gasteiger partial charge in [-0.15, -0.1) is 10.2 Å². The highest BCUT2D eigenvalue weighted by atomic mass is 32.2. The molecule has 0 saturated carbocycles. The number of alkyl halides is 3. The molecule has 0 fully saturated rings. The van der Waals surface area contributed by atoms with Gasteiger partial charge in [-0.25, -0.2) is 0 Å². The molecule has 0 bridgehead atoms. The molecule has 0 unspecified atom stereocenters. The molecule has 0 radical (unpaired) electrons. The zero-order valence-corrected chi connectivity index (χ0v) is 15.9. The van der Waals surface area contributed by atoms with Crippen molar-refractivity contribution in [3.05, 3.63) is 77.9 Å². The van der Waals surface area contributed by atoms with Crippen molar-refractivity contribution in [2.24, 2.45) is 0 Å². The monoisotopic (exact) mass is 418 g/mol. The molecule has 3 rings (SSSR count). The number of halogens is 3. The number of rotatable bonds is 7. The Labute approximate surface area is 169 Å². The van der Waals surface area contributed by atoms with Crippen molar-refractivity contribution >= 4 is 29.2 Å². The van der Waals surface area contributed by atoms with E-state index in [4.69, 9.17) is 0 Å². The van der Waals surface area contributed by atoms with E-state index >= 15 is 0 Å². The van der Waals surface area contributed by atoms with Crippen molar-refractivity contribution in [3.63, 3.8) is 0 Å². The van der Waals surface area contributed by atoms with Crippen LogP contribution < -0.4 is 10.6 Å². The lowest BCUT2D eigenvalue weighted by atomic mass is 10.2. The Morgan fingerprint density at radius 2 is 1.66 bits per heavy atom. The molecule has 0 saturated heterocycles. The van der Waals surface area contributed by atoms with E-state index in [1.165, 1.54) is 23.9 Å². The van der Waals surface area contributed by atoms with E-state index in [1.54, 1.807) is 12.1 Å². The van der Waals surface area contributed by atoms with Crippen molar-refractivity contribution < 1.29 is 18.0 Å². The third-order valence-corrected chi connectivity index (χ3v) is 4.72. The average Bonchev–Trinajstić information content (AvgIpc) is 2.72. The van der Waals surface area contributed by atoms with Crippen molar-refractivity contribution in [3.8, 4) is 0 Å². The van der Waals surface area contributed by atoms with E-state index in [-0.39, 0.29) is 11.7 Å². The number of hydrogen-bond donors (Lipinski definition) is 2. The van der Waals surface area contributed by atoms with Crippen molar-refractivity contribution in [2.45, 2.75) is 17.7 Å². The van der Waals surface area contributed by atoms with E-state index in [1.807, 2.05) is 30.3 Å². The lowest BCUT2D eigenvalue weighted by molar-refractivity contribution is -0.137. The van der Waals surface area contributed by atoms with Crippen molar-refractivity contribution in [2.75, 3.05) is 16.4 Å². The van der Waals surface area contributed by atoms with Crippen LogP contribution in [0.25, 0.3) is 0 Å². The van der Waals surface area contributed by atoms with Gasteiger partial charge < -0.3 is 10.6 Å². The smallest absolute Gasteiger partial charge is 0.365 e. The van der Waals surface area contributed by atoms with Gasteiger partial charge in [0, 0.05) is 12.2 Å². The maximum Gasteiger partial charge on any atom is 0.416 e. The minimum absolute atomic E-state index is 0.0620. The van der Waals surface area contributed by atoms with E-state index in [9.17, 15) is 18.0 Å². The summed E-state index contributed by atoms with van der Waals surface area (Å²) in [6.45, 7) is 0.623. The number of anilines is 2. The molecule has 2 aromatic carbocycles. The second kappa shape index (κ2) is 9.42. The molecule has 0 spiro atoms. The number of nitrogens with zero attached hydrogens (tertiary/aromatic N) is 2. The summed E-state index contributed by atoms with van der Waals surface area (Å²) in [5.41, 5.74) is 0.656. The molecule has 0 aliphatic heterocycles. The van der Waals surface area contributed by atoms with Gasteiger partial charge in [-0.2, -0.15) is 13.2 Å². The molecule has 5 nitrogen and oxygen atoms in total. The topological polar surface area (TPSA) is 66.9 Å². The molecule has 1 amide bonds. The predicted molar refractivity (Wildman–Crippen MR) is 107 cm³/mol. The van der Waals surface area contributed by atoms with Crippen LogP contribution in [-0.2, 0) is 17.5 Å². The minimum atomic E-state index is -4.40. The fourth-order valence-electron chi connectivity index (χ4n) is 2.36. The van der Waals surface area contributed by atoms with Gasteiger partial charge in [-0.05, 0) is 42.0 Å². The van der Waals surface area contributed by atoms with Crippen LogP contribution in [0.1, 0.15) is 11.1 Å². The molecule has 9 heteroatoms. The molecular weight excluding hydrogens is 401 g/mol. The Hall–Kier alpha value is -3.07. The first-order chi connectivity index (χ1) is 13.9. The predicted octanol–water partition coefficient (Wildman–Crippen LogP) is 4.84. The van der Waals surface area contributed by atoms with Crippen LogP contribution >= 0.6 is 11.8 Å². The fourth-order valence-corrected chi connectivity index (χ4v) is 2.97. The molecule has 2 N–H and O–H groups in total. The summed E-state index contributed by atoms with van der Waals surface area (Å²) in [6, 6.07) is 17.7. The van der Waals surface area contributed by atoms with Crippen LogP contribution in [-0.4, -0.2) is 21.9 Å². The molecular formula is C20H17F3N4OS. The zero-order chi connectivity index (χ0) is 20.7. The van der Waals surface area contributed by atoms with Gasteiger partial charge in [0.1, 0.15) is 10.8 Å². The van der Waals surface area contributed by atoms with Crippen LogP contribution in [0, 0.1) is 0 Å². The number of benzene rings is 2. The van der Waals surface area contributed by atoms with Gasteiger partial charge in [0.25, 0.3) is 0 Å². The Morgan fingerprint density at radius 1 is 0.931 bits per heavy atom. The quantitative estimate of drug-likeness (QED) is 0.538. The summed E-state index contributed by atoms with van der Waals surface area (Å²) in [6.07, 6.45) is -4.40. The highest BCUT2D eigenvalue weighted by Gasteiger charge is 2.29. The number of carbonyl (C=O) groups excluding carboxylic acids is 1. The highest BCUT2D eigenvalue weighted by Crippen LogP contribution is 2.29. The van der Waals surface area contributed by atoms with E-state index < -0.39 is 11.7 Å². The summed E-state index contributed by atoms with van der Waals surface area (Å²) >= 11 is 1.18. The van der Waals surface area contributed by atoms with Crippen LogP contribution in [0.15, 0.2) is 71.8 Å². The highest BCUT2D eigenvalue weighted by molar-refractivity contribution is 7.99. The number of thioether (sulfide) groups is 1. The number of carbonyl (C=O) groups is 1. The molecule has 0 aliphatic rings. The number of amides is 1. The average molecular weight is 418 g/mol. The molecule has 3 aromatic rings. The molecule has 1 heterocycles. The largest absolute Gasteiger partial charge is 0.416 e. The minimum Gasteiger partial charge on any atom is -0.365 e. The number of nitrogens with one attached hydrogen (secondary N) is 2. The Balaban J connectivity index is 1.45. The van der Waals surface area contributed by atoms with Crippen molar-refractivity contribution in [1.29, 1.82) is 0 Å². The second-order valence-electron chi connectivity index (χ2n) is 6.01. The number of hydrogen-bond acceptors (Lipinski definition) is 5.